The van der Waals surface area contributed by atoms with Crippen LogP contribution in [0.2, 0.25) is 0 Å². The topological polar surface area (TPSA) is 23.6 Å². The second kappa shape index (κ2) is 9.13. The normalized spacial score (nSPS) is 15.5. The standard InChI is InChI=1S/C22H28N2OS/c1-18(26-21-9-5-3-6-10-21)22(25)23(2)17-19-11-13-20(14-12-19)24-15-7-4-8-16-24/h3,5-6,9-14,18H,4,7-8,15-17H2,1-2H3. The highest BCUT2D eigenvalue weighted by Gasteiger charge is 2.19. The van der Waals surface area contributed by atoms with Gasteiger partial charge in [-0.25, -0.2) is 0 Å². The largest absolute Gasteiger partial charge is 0.372 e. The van der Waals surface area contributed by atoms with E-state index in [0.717, 1.165) is 18.0 Å². The van der Waals surface area contributed by atoms with E-state index in [-0.39, 0.29) is 11.2 Å². The van der Waals surface area contributed by atoms with Crippen LogP contribution in [0, 0.1) is 0 Å². The van der Waals surface area contributed by atoms with Crippen LogP contribution >= 0.6 is 11.8 Å². The quantitative estimate of drug-likeness (QED) is 0.683. The van der Waals surface area contributed by atoms with Crippen molar-refractivity contribution in [1.82, 2.24) is 4.90 Å². The Bertz CT molecular complexity index is 696. The lowest BCUT2D eigenvalue weighted by atomic mass is 10.1. The highest BCUT2D eigenvalue weighted by molar-refractivity contribution is 8.00. The van der Waals surface area contributed by atoms with Crippen molar-refractivity contribution >= 4 is 23.4 Å². The van der Waals surface area contributed by atoms with Crippen molar-refractivity contribution < 1.29 is 4.79 Å². The minimum Gasteiger partial charge on any atom is -0.372 e. The molecule has 0 aliphatic carbocycles. The number of hydrogen-bond donors (Lipinski definition) is 0. The molecule has 2 aromatic rings. The summed E-state index contributed by atoms with van der Waals surface area (Å²) in [6.45, 7) is 4.95. The Morgan fingerprint density at radius 1 is 1.04 bits per heavy atom. The molecule has 0 saturated carbocycles. The van der Waals surface area contributed by atoms with Crippen LogP contribution in [0.5, 0.6) is 0 Å². The number of hydrogen-bond acceptors (Lipinski definition) is 3. The van der Waals surface area contributed by atoms with E-state index in [1.54, 1.807) is 11.8 Å². The third-order valence-corrected chi connectivity index (χ3v) is 5.96. The van der Waals surface area contributed by atoms with Crippen LogP contribution in [0.1, 0.15) is 31.7 Å². The summed E-state index contributed by atoms with van der Waals surface area (Å²) >= 11 is 1.61. The molecule has 0 radical (unpaired) electrons. The average Bonchev–Trinajstić information content (AvgIpc) is 2.69. The number of nitrogens with zero attached hydrogens (tertiary/aromatic N) is 2. The molecule has 1 aliphatic heterocycles. The number of anilines is 1. The molecule has 1 atom stereocenters. The lowest BCUT2D eigenvalue weighted by Gasteiger charge is -2.29. The predicted molar refractivity (Wildman–Crippen MR) is 111 cm³/mol. The van der Waals surface area contributed by atoms with Gasteiger partial charge in [0.1, 0.15) is 0 Å². The molecule has 4 heteroatoms. The number of rotatable bonds is 6. The van der Waals surface area contributed by atoms with Crippen LogP contribution in [-0.2, 0) is 11.3 Å². The molecule has 0 N–H and O–H groups in total. The molecule has 1 heterocycles. The van der Waals surface area contributed by atoms with Crippen LogP contribution in [0.3, 0.4) is 0 Å². The Morgan fingerprint density at radius 3 is 2.35 bits per heavy atom. The van der Waals surface area contributed by atoms with Crippen molar-refractivity contribution in [3.05, 3.63) is 60.2 Å². The molecule has 1 fully saturated rings. The fourth-order valence-corrected chi connectivity index (χ4v) is 4.38. The van der Waals surface area contributed by atoms with Crippen LogP contribution in [0.4, 0.5) is 5.69 Å². The zero-order valence-electron chi connectivity index (χ0n) is 15.7. The molecule has 1 amide bonds. The zero-order chi connectivity index (χ0) is 18.4. The maximum absolute atomic E-state index is 12.7. The van der Waals surface area contributed by atoms with Crippen molar-refractivity contribution in [2.45, 2.75) is 42.9 Å². The zero-order valence-corrected chi connectivity index (χ0v) is 16.5. The van der Waals surface area contributed by atoms with Crippen LogP contribution in [0.25, 0.3) is 0 Å². The Hall–Kier alpha value is -1.94. The first-order valence-corrected chi connectivity index (χ1v) is 10.3. The number of carbonyl (C=O) groups excluding carboxylic acids is 1. The molecule has 3 nitrogen and oxygen atoms in total. The summed E-state index contributed by atoms with van der Waals surface area (Å²) < 4.78 is 0. The molecule has 0 bridgehead atoms. The lowest BCUT2D eigenvalue weighted by Crippen LogP contribution is -2.32. The van der Waals surface area contributed by atoms with Gasteiger partial charge in [0.05, 0.1) is 5.25 Å². The Morgan fingerprint density at radius 2 is 1.69 bits per heavy atom. The molecule has 0 aromatic heterocycles. The van der Waals surface area contributed by atoms with Crippen molar-refractivity contribution in [2.75, 3.05) is 25.0 Å². The van der Waals surface area contributed by atoms with Crippen molar-refractivity contribution in [3.8, 4) is 0 Å². The third-order valence-electron chi connectivity index (χ3n) is 4.86. The van der Waals surface area contributed by atoms with Gasteiger partial charge in [0, 0.05) is 37.3 Å². The summed E-state index contributed by atoms with van der Waals surface area (Å²) in [7, 11) is 1.89. The van der Waals surface area contributed by atoms with Gasteiger partial charge >= 0.3 is 0 Å². The van der Waals surface area contributed by atoms with Crippen LogP contribution in [0.15, 0.2) is 59.5 Å². The smallest absolute Gasteiger partial charge is 0.235 e. The van der Waals surface area contributed by atoms with Crippen molar-refractivity contribution in [1.29, 1.82) is 0 Å². The summed E-state index contributed by atoms with van der Waals surface area (Å²) in [6.07, 6.45) is 3.92. The van der Waals surface area contributed by atoms with E-state index in [2.05, 4.69) is 29.2 Å². The summed E-state index contributed by atoms with van der Waals surface area (Å²) in [6, 6.07) is 18.8. The average molecular weight is 369 g/mol. The van der Waals surface area contributed by atoms with Gasteiger partial charge in [-0.3, -0.25) is 4.79 Å². The van der Waals surface area contributed by atoms with Gasteiger partial charge in [-0.2, -0.15) is 0 Å². The monoisotopic (exact) mass is 368 g/mol. The minimum absolute atomic E-state index is 0.0879. The fraction of sp³-hybridized carbons (Fsp3) is 0.409. The lowest BCUT2D eigenvalue weighted by molar-refractivity contribution is -0.129. The fourth-order valence-electron chi connectivity index (χ4n) is 3.38. The number of piperidine rings is 1. The SMILES string of the molecule is CC(Sc1ccccc1)C(=O)N(C)Cc1ccc(N2CCCCC2)cc1. The van der Waals surface area contributed by atoms with E-state index in [9.17, 15) is 4.79 Å². The Kier molecular flexibility index (Phi) is 6.62. The van der Waals surface area contributed by atoms with E-state index in [1.807, 2.05) is 49.2 Å². The summed E-state index contributed by atoms with van der Waals surface area (Å²) in [5.41, 5.74) is 2.48. The summed E-state index contributed by atoms with van der Waals surface area (Å²) in [4.78, 5) is 18.1. The molecule has 1 unspecified atom stereocenters. The summed E-state index contributed by atoms with van der Waals surface area (Å²) in [5, 5.41) is -0.0879. The molecule has 1 saturated heterocycles. The number of carbonyl (C=O) groups is 1. The van der Waals surface area contributed by atoms with E-state index < -0.39 is 0 Å². The predicted octanol–water partition coefficient (Wildman–Crippen LogP) is 4.82. The van der Waals surface area contributed by atoms with E-state index >= 15 is 0 Å². The Balaban J connectivity index is 1.54. The molecule has 2 aromatic carbocycles. The summed E-state index contributed by atoms with van der Waals surface area (Å²) in [5.74, 6) is 0.166. The third kappa shape index (κ3) is 5.04. The first-order chi connectivity index (χ1) is 12.6. The van der Waals surface area contributed by atoms with E-state index in [0.29, 0.717) is 6.54 Å². The van der Waals surface area contributed by atoms with E-state index in [4.69, 9.17) is 0 Å². The van der Waals surface area contributed by atoms with Crippen molar-refractivity contribution in [2.24, 2.45) is 0 Å². The molecular formula is C22H28N2OS. The van der Waals surface area contributed by atoms with E-state index in [1.165, 1.54) is 30.5 Å². The first-order valence-electron chi connectivity index (χ1n) is 9.44. The van der Waals surface area contributed by atoms with Gasteiger partial charge in [-0.15, -0.1) is 11.8 Å². The number of thioether (sulfide) groups is 1. The van der Waals surface area contributed by atoms with Crippen LogP contribution in [-0.4, -0.2) is 36.2 Å². The highest BCUT2D eigenvalue weighted by Crippen LogP contribution is 2.25. The van der Waals surface area contributed by atoms with Crippen LogP contribution < -0.4 is 4.90 Å². The van der Waals surface area contributed by atoms with Gasteiger partial charge < -0.3 is 9.80 Å². The van der Waals surface area contributed by atoms with Gasteiger partial charge in [0.15, 0.2) is 0 Å². The van der Waals surface area contributed by atoms with Gasteiger partial charge in [-0.1, -0.05) is 30.3 Å². The maximum Gasteiger partial charge on any atom is 0.235 e. The minimum atomic E-state index is -0.0879. The second-order valence-corrected chi connectivity index (χ2v) is 8.40. The molecule has 3 rings (SSSR count). The molecular weight excluding hydrogens is 340 g/mol. The van der Waals surface area contributed by atoms with Gasteiger partial charge in [0.2, 0.25) is 5.91 Å². The maximum atomic E-state index is 12.7. The van der Waals surface area contributed by atoms with Gasteiger partial charge in [0.25, 0.3) is 0 Å². The van der Waals surface area contributed by atoms with Gasteiger partial charge in [-0.05, 0) is 56.0 Å². The highest BCUT2D eigenvalue weighted by atomic mass is 32.2. The second-order valence-electron chi connectivity index (χ2n) is 6.98. The molecule has 26 heavy (non-hydrogen) atoms. The molecule has 0 spiro atoms. The first kappa shape index (κ1) is 18.8. The molecule has 1 aliphatic rings. The number of benzene rings is 2. The Labute approximate surface area is 161 Å². The molecule has 138 valence electrons. The number of amides is 1. The van der Waals surface area contributed by atoms with Crippen molar-refractivity contribution in [3.63, 3.8) is 0 Å².